The lowest BCUT2D eigenvalue weighted by Crippen LogP contribution is -2.21. The molecular weight excluding hydrogens is 398 g/mol. The predicted molar refractivity (Wildman–Crippen MR) is 90.6 cm³/mol. The maximum atomic E-state index is 12.2. The van der Waals surface area contributed by atoms with E-state index in [-0.39, 0.29) is 5.56 Å². The molecule has 0 atom stereocenters. The van der Waals surface area contributed by atoms with Gasteiger partial charge >= 0.3 is 0 Å². The third-order valence-corrected chi connectivity index (χ3v) is 4.36. The number of pyridine rings is 1. The van der Waals surface area contributed by atoms with Gasteiger partial charge in [-0.15, -0.1) is 0 Å². The molecule has 0 spiro atoms. The molecular formula is C15H13Br2N3O. The molecule has 0 saturated carbocycles. The molecule has 0 saturated heterocycles. The van der Waals surface area contributed by atoms with Crippen LogP contribution in [0.4, 0.5) is 0 Å². The van der Waals surface area contributed by atoms with Crippen molar-refractivity contribution in [3.05, 3.63) is 61.5 Å². The van der Waals surface area contributed by atoms with Gasteiger partial charge in [0.25, 0.3) is 5.56 Å². The van der Waals surface area contributed by atoms with Crippen molar-refractivity contribution in [3.63, 3.8) is 0 Å². The number of hydrogen-bond acceptors (Lipinski definition) is 2. The minimum Gasteiger partial charge on any atom is -0.307 e. The molecule has 0 N–H and O–H groups in total. The number of para-hydroxylation sites is 1. The van der Waals surface area contributed by atoms with E-state index in [4.69, 9.17) is 0 Å². The van der Waals surface area contributed by atoms with Crippen LogP contribution in [0, 0.1) is 0 Å². The molecule has 6 heteroatoms. The van der Waals surface area contributed by atoms with Gasteiger partial charge in [-0.2, -0.15) is 5.10 Å². The predicted octanol–water partition coefficient (Wildman–Crippen LogP) is 3.79. The van der Waals surface area contributed by atoms with E-state index in [1.54, 1.807) is 16.8 Å². The normalized spacial score (nSPS) is 11.2. The minimum atomic E-state index is -0.0617. The zero-order valence-electron chi connectivity index (χ0n) is 11.4. The molecule has 0 radical (unpaired) electrons. The van der Waals surface area contributed by atoms with E-state index in [0.717, 1.165) is 27.6 Å². The molecule has 2 aromatic heterocycles. The largest absolute Gasteiger partial charge is 0.307 e. The second-order valence-corrected chi connectivity index (χ2v) is 6.49. The van der Waals surface area contributed by atoms with Crippen molar-refractivity contribution < 1.29 is 0 Å². The summed E-state index contributed by atoms with van der Waals surface area (Å²) in [5, 5.41) is 5.72. The minimum absolute atomic E-state index is 0.0617. The number of aromatic nitrogens is 3. The molecule has 0 aliphatic carbocycles. The molecule has 0 aliphatic rings. The van der Waals surface area contributed by atoms with Crippen LogP contribution in [0.1, 0.15) is 12.6 Å². The van der Waals surface area contributed by atoms with Crippen LogP contribution in [0.5, 0.6) is 0 Å². The lowest BCUT2D eigenvalue weighted by atomic mass is 10.2. The van der Waals surface area contributed by atoms with Crippen molar-refractivity contribution in [2.24, 2.45) is 0 Å². The standard InChI is InChI=1S/C15H13Br2N3O/c1-2-20-14-6-4-3-5-11(14)13(18-20)9-19-8-10(16)7-12(17)15(19)21/h3-8H,2,9H2,1H3. The van der Waals surface area contributed by atoms with Crippen LogP contribution in [0.2, 0.25) is 0 Å². The van der Waals surface area contributed by atoms with E-state index in [2.05, 4.69) is 49.9 Å². The summed E-state index contributed by atoms with van der Waals surface area (Å²) in [6.07, 6.45) is 1.78. The molecule has 108 valence electrons. The average molecular weight is 411 g/mol. The summed E-state index contributed by atoms with van der Waals surface area (Å²) in [5.41, 5.74) is 1.94. The molecule has 3 aromatic rings. The summed E-state index contributed by atoms with van der Waals surface area (Å²) in [4.78, 5) is 12.2. The van der Waals surface area contributed by atoms with E-state index in [1.807, 2.05) is 22.9 Å². The monoisotopic (exact) mass is 409 g/mol. The molecule has 1 aromatic carbocycles. The van der Waals surface area contributed by atoms with Crippen LogP contribution in [-0.2, 0) is 13.1 Å². The second-order valence-electron chi connectivity index (χ2n) is 4.72. The Morgan fingerprint density at radius 1 is 1.24 bits per heavy atom. The molecule has 0 amide bonds. The van der Waals surface area contributed by atoms with E-state index >= 15 is 0 Å². The van der Waals surface area contributed by atoms with Crippen LogP contribution >= 0.6 is 31.9 Å². The molecule has 0 bridgehead atoms. The highest BCUT2D eigenvalue weighted by Crippen LogP contribution is 2.20. The maximum Gasteiger partial charge on any atom is 0.265 e. The first kappa shape index (κ1) is 14.5. The smallest absolute Gasteiger partial charge is 0.265 e. The van der Waals surface area contributed by atoms with E-state index < -0.39 is 0 Å². The summed E-state index contributed by atoms with van der Waals surface area (Å²) in [7, 11) is 0. The Labute approximate surface area is 138 Å². The Kier molecular flexibility index (Phi) is 3.99. The number of rotatable bonds is 3. The molecule has 0 aliphatic heterocycles. The molecule has 0 unspecified atom stereocenters. The average Bonchev–Trinajstić information content (AvgIpc) is 2.82. The van der Waals surface area contributed by atoms with Crippen molar-refractivity contribution in [2.45, 2.75) is 20.0 Å². The number of hydrogen-bond donors (Lipinski definition) is 0. The first-order valence-corrected chi connectivity index (χ1v) is 8.18. The maximum absolute atomic E-state index is 12.2. The summed E-state index contributed by atoms with van der Waals surface area (Å²) in [6, 6.07) is 9.84. The fraction of sp³-hybridized carbons (Fsp3) is 0.200. The first-order chi connectivity index (χ1) is 10.1. The first-order valence-electron chi connectivity index (χ1n) is 6.60. The van der Waals surface area contributed by atoms with Gasteiger partial charge in [0.2, 0.25) is 0 Å². The Morgan fingerprint density at radius 3 is 2.76 bits per heavy atom. The van der Waals surface area contributed by atoms with Crippen LogP contribution < -0.4 is 5.56 Å². The van der Waals surface area contributed by atoms with Gasteiger partial charge in [0.05, 0.1) is 22.2 Å². The number of benzene rings is 1. The van der Waals surface area contributed by atoms with Gasteiger partial charge in [0, 0.05) is 22.6 Å². The number of aryl methyl sites for hydroxylation is 1. The lowest BCUT2D eigenvalue weighted by Gasteiger charge is -2.05. The highest BCUT2D eigenvalue weighted by Gasteiger charge is 2.11. The Hall–Kier alpha value is -1.40. The molecule has 0 fully saturated rings. The van der Waals surface area contributed by atoms with E-state index in [1.165, 1.54) is 0 Å². The van der Waals surface area contributed by atoms with Crippen LogP contribution in [0.15, 0.2) is 50.3 Å². The summed E-state index contributed by atoms with van der Waals surface area (Å²) < 4.78 is 5.01. The Morgan fingerprint density at radius 2 is 2.00 bits per heavy atom. The molecule has 4 nitrogen and oxygen atoms in total. The van der Waals surface area contributed by atoms with Crippen LogP contribution in [-0.4, -0.2) is 14.3 Å². The Bertz CT molecular complexity index is 867. The number of halogens is 2. The Balaban J connectivity index is 2.13. The second kappa shape index (κ2) is 5.77. The SMILES string of the molecule is CCn1nc(Cn2cc(Br)cc(Br)c2=O)c2ccccc21. The van der Waals surface area contributed by atoms with Crippen molar-refractivity contribution in [1.82, 2.24) is 14.3 Å². The number of nitrogens with zero attached hydrogens (tertiary/aromatic N) is 3. The van der Waals surface area contributed by atoms with Crippen molar-refractivity contribution in [3.8, 4) is 0 Å². The van der Waals surface area contributed by atoms with Gasteiger partial charge in [-0.05, 0) is 50.9 Å². The zero-order valence-corrected chi connectivity index (χ0v) is 14.6. The van der Waals surface area contributed by atoms with Gasteiger partial charge in [-0.25, -0.2) is 0 Å². The van der Waals surface area contributed by atoms with Crippen LogP contribution in [0.25, 0.3) is 10.9 Å². The van der Waals surface area contributed by atoms with Gasteiger partial charge in [-0.3, -0.25) is 9.48 Å². The van der Waals surface area contributed by atoms with Gasteiger partial charge < -0.3 is 4.57 Å². The van der Waals surface area contributed by atoms with E-state index in [0.29, 0.717) is 11.0 Å². The third kappa shape index (κ3) is 2.70. The van der Waals surface area contributed by atoms with Gasteiger partial charge in [0.1, 0.15) is 0 Å². The fourth-order valence-corrected chi connectivity index (χ4v) is 3.66. The zero-order chi connectivity index (χ0) is 15.0. The van der Waals surface area contributed by atoms with Gasteiger partial charge in [0.15, 0.2) is 0 Å². The lowest BCUT2D eigenvalue weighted by molar-refractivity contribution is 0.647. The third-order valence-electron chi connectivity index (χ3n) is 3.36. The van der Waals surface area contributed by atoms with Crippen molar-refractivity contribution in [1.29, 1.82) is 0 Å². The number of fused-ring (bicyclic) bond motifs is 1. The summed E-state index contributed by atoms with van der Waals surface area (Å²) in [5.74, 6) is 0. The van der Waals surface area contributed by atoms with Crippen molar-refractivity contribution >= 4 is 42.8 Å². The topological polar surface area (TPSA) is 39.8 Å². The highest BCUT2D eigenvalue weighted by atomic mass is 79.9. The van der Waals surface area contributed by atoms with Crippen molar-refractivity contribution in [2.75, 3.05) is 0 Å². The van der Waals surface area contributed by atoms with Crippen LogP contribution in [0.3, 0.4) is 0 Å². The summed E-state index contributed by atoms with van der Waals surface area (Å²) >= 11 is 6.70. The van der Waals surface area contributed by atoms with Gasteiger partial charge in [-0.1, -0.05) is 18.2 Å². The van der Waals surface area contributed by atoms with E-state index in [9.17, 15) is 4.79 Å². The summed E-state index contributed by atoms with van der Waals surface area (Å²) in [6.45, 7) is 3.31. The fourth-order valence-electron chi connectivity index (χ4n) is 2.40. The molecule has 21 heavy (non-hydrogen) atoms. The quantitative estimate of drug-likeness (QED) is 0.658. The highest BCUT2D eigenvalue weighted by molar-refractivity contribution is 9.11. The molecule has 3 rings (SSSR count). The molecule has 2 heterocycles.